The van der Waals surface area contributed by atoms with Gasteiger partial charge < -0.3 is 0 Å². The predicted molar refractivity (Wildman–Crippen MR) is 62.6 cm³/mol. The van der Waals surface area contributed by atoms with Crippen LogP contribution >= 0.6 is 0 Å². The molecular weight excluding hydrogens is 200 g/mol. The molecule has 0 saturated heterocycles. The normalized spacial score (nSPS) is 11.1. The van der Waals surface area contributed by atoms with Crippen LogP contribution in [0.15, 0.2) is 36.7 Å². The number of pyridine rings is 1. The smallest absolute Gasteiger partial charge is 0.145 e. The summed E-state index contributed by atoms with van der Waals surface area (Å²) in [5.74, 6) is 1.03. The lowest BCUT2D eigenvalue weighted by atomic mass is 10.3. The molecule has 3 rings (SSSR count). The van der Waals surface area contributed by atoms with Gasteiger partial charge in [-0.1, -0.05) is 0 Å². The van der Waals surface area contributed by atoms with E-state index < -0.39 is 0 Å². The fourth-order valence-corrected chi connectivity index (χ4v) is 1.97. The van der Waals surface area contributed by atoms with E-state index in [2.05, 4.69) is 26.8 Å². The molecule has 0 aliphatic carbocycles. The number of hydrogen-bond donors (Lipinski definition) is 0. The standard InChI is InChI=1S/C12H12N4/c1-9-8-11(15(2)14-9)16-7-5-10-4-3-6-13-12(10)16/h3-8H,1-2H3. The first-order valence-corrected chi connectivity index (χ1v) is 5.19. The van der Waals surface area contributed by atoms with Gasteiger partial charge in [0.15, 0.2) is 0 Å². The molecular formula is C12H12N4. The van der Waals surface area contributed by atoms with Crippen LogP contribution in [0.3, 0.4) is 0 Å². The molecule has 4 heteroatoms. The van der Waals surface area contributed by atoms with Gasteiger partial charge in [-0.25, -0.2) is 4.98 Å². The largest absolute Gasteiger partial charge is 0.286 e. The average molecular weight is 212 g/mol. The van der Waals surface area contributed by atoms with Gasteiger partial charge >= 0.3 is 0 Å². The number of fused-ring (bicyclic) bond motifs is 1. The molecule has 0 N–H and O–H groups in total. The third-order valence-electron chi connectivity index (χ3n) is 2.67. The zero-order valence-corrected chi connectivity index (χ0v) is 9.25. The van der Waals surface area contributed by atoms with Crippen molar-refractivity contribution in [1.82, 2.24) is 19.3 Å². The molecule has 0 aliphatic rings. The topological polar surface area (TPSA) is 35.6 Å². The molecule has 0 spiro atoms. The summed E-state index contributed by atoms with van der Waals surface area (Å²) in [7, 11) is 1.94. The lowest BCUT2D eigenvalue weighted by Gasteiger charge is -2.03. The Balaban J connectivity index is 2.30. The fourth-order valence-electron chi connectivity index (χ4n) is 1.97. The van der Waals surface area contributed by atoms with Crippen molar-refractivity contribution in [1.29, 1.82) is 0 Å². The molecule has 0 amide bonds. The van der Waals surface area contributed by atoms with Gasteiger partial charge in [-0.2, -0.15) is 5.10 Å². The van der Waals surface area contributed by atoms with Crippen LogP contribution in [-0.2, 0) is 7.05 Å². The second-order valence-corrected chi connectivity index (χ2v) is 3.87. The summed E-state index contributed by atoms with van der Waals surface area (Å²) in [6.45, 7) is 1.99. The molecule has 0 aliphatic heterocycles. The van der Waals surface area contributed by atoms with Gasteiger partial charge in [0.05, 0.1) is 5.69 Å². The molecule has 0 saturated carbocycles. The van der Waals surface area contributed by atoms with Crippen molar-refractivity contribution >= 4 is 11.0 Å². The van der Waals surface area contributed by atoms with E-state index in [0.717, 1.165) is 22.5 Å². The highest BCUT2D eigenvalue weighted by Gasteiger charge is 2.07. The Labute approximate surface area is 93.1 Å². The molecule has 16 heavy (non-hydrogen) atoms. The molecule has 0 unspecified atom stereocenters. The Hall–Kier alpha value is -2.10. The van der Waals surface area contributed by atoms with E-state index >= 15 is 0 Å². The Morgan fingerprint density at radius 1 is 1.25 bits per heavy atom. The van der Waals surface area contributed by atoms with Crippen LogP contribution in [0.2, 0.25) is 0 Å². The first kappa shape index (κ1) is 9.15. The molecule has 0 fully saturated rings. The number of aryl methyl sites for hydroxylation is 2. The molecule has 3 aromatic heterocycles. The number of nitrogens with zero attached hydrogens (tertiary/aromatic N) is 4. The third-order valence-corrected chi connectivity index (χ3v) is 2.67. The van der Waals surface area contributed by atoms with Gasteiger partial charge in [-0.3, -0.25) is 9.25 Å². The van der Waals surface area contributed by atoms with E-state index in [9.17, 15) is 0 Å². The van der Waals surface area contributed by atoms with Gasteiger partial charge in [-0.05, 0) is 25.1 Å². The molecule has 0 radical (unpaired) electrons. The fraction of sp³-hybridized carbons (Fsp3) is 0.167. The van der Waals surface area contributed by atoms with E-state index in [4.69, 9.17) is 0 Å². The van der Waals surface area contributed by atoms with Crippen LogP contribution in [-0.4, -0.2) is 19.3 Å². The molecule has 4 nitrogen and oxygen atoms in total. The van der Waals surface area contributed by atoms with Crippen LogP contribution in [0.4, 0.5) is 0 Å². The van der Waals surface area contributed by atoms with Crippen molar-refractivity contribution in [2.24, 2.45) is 7.05 Å². The van der Waals surface area contributed by atoms with E-state index in [1.54, 1.807) is 0 Å². The molecule has 80 valence electrons. The summed E-state index contributed by atoms with van der Waals surface area (Å²) in [6.07, 6.45) is 3.83. The van der Waals surface area contributed by atoms with Crippen molar-refractivity contribution in [3.63, 3.8) is 0 Å². The van der Waals surface area contributed by atoms with Crippen molar-refractivity contribution in [2.45, 2.75) is 6.92 Å². The lowest BCUT2D eigenvalue weighted by Crippen LogP contribution is -2.02. The highest BCUT2D eigenvalue weighted by atomic mass is 15.3. The van der Waals surface area contributed by atoms with E-state index in [-0.39, 0.29) is 0 Å². The second-order valence-electron chi connectivity index (χ2n) is 3.87. The monoisotopic (exact) mass is 212 g/mol. The third kappa shape index (κ3) is 1.23. The Bertz CT molecular complexity index is 648. The van der Waals surface area contributed by atoms with Crippen LogP contribution in [0.25, 0.3) is 16.9 Å². The number of hydrogen-bond acceptors (Lipinski definition) is 2. The van der Waals surface area contributed by atoms with E-state index in [0.29, 0.717) is 0 Å². The second kappa shape index (κ2) is 3.20. The Morgan fingerprint density at radius 3 is 2.88 bits per heavy atom. The lowest BCUT2D eigenvalue weighted by molar-refractivity contribution is 0.727. The maximum Gasteiger partial charge on any atom is 0.145 e. The summed E-state index contributed by atoms with van der Waals surface area (Å²) < 4.78 is 3.92. The van der Waals surface area contributed by atoms with Gasteiger partial charge in [0.2, 0.25) is 0 Å². The van der Waals surface area contributed by atoms with Crippen LogP contribution in [0.5, 0.6) is 0 Å². The van der Waals surface area contributed by atoms with Crippen molar-refractivity contribution in [3.05, 3.63) is 42.4 Å². The van der Waals surface area contributed by atoms with Crippen LogP contribution in [0.1, 0.15) is 5.69 Å². The van der Waals surface area contributed by atoms with Crippen molar-refractivity contribution in [2.75, 3.05) is 0 Å². The summed E-state index contributed by atoms with van der Waals surface area (Å²) >= 11 is 0. The average Bonchev–Trinajstić information content (AvgIpc) is 2.81. The van der Waals surface area contributed by atoms with Crippen LogP contribution in [0, 0.1) is 6.92 Å². The first-order valence-electron chi connectivity index (χ1n) is 5.19. The molecule has 0 bridgehead atoms. The summed E-state index contributed by atoms with van der Waals surface area (Å²) in [6, 6.07) is 8.11. The van der Waals surface area contributed by atoms with Gasteiger partial charge in [-0.15, -0.1) is 0 Å². The first-order chi connectivity index (χ1) is 7.75. The molecule has 0 atom stereocenters. The minimum Gasteiger partial charge on any atom is -0.286 e. The molecule has 3 aromatic rings. The Kier molecular flexibility index (Phi) is 1.83. The zero-order chi connectivity index (χ0) is 11.1. The maximum atomic E-state index is 4.39. The highest BCUT2D eigenvalue weighted by molar-refractivity contribution is 5.77. The summed E-state index contributed by atoms with van der Waals surface area (Å²) in [5.41, 5.74) is 1.97. The van der Waals surface area contributed by atoms with Gasteiger partial charge in [0.1, 0.15) is 11.5 Å². The summed E-state index contributed by atoms with van der Waals surface area (Å²) in [5, 5.41) is 5.48. The molecule has 0 aromatic carbocycles. The van der Waals surface area contributed by atoms with Crippen molar-refractivity contribution < 1.29 is 0 Å². The minimum absolute atomic E-state index is 0.963. The maximum absolute atomic E-state index is 4.39. The van der Waals surface area contributed by atoms with E-state index in [1.165, 1.54) is 0 Å². The minimum atomic E-state index is 0.963. The Morgan fingerprint density at radius 2 is 2.12 bits per heavy atom. The van der Waals surface area contributed by atoms with Gasteiger partial charge in [0, 0.05) is 30.9 Å². The highest BCUT2D eigenvalue weighted by Crippen LogP contribution is 2.18. The number of aromatic nitrogens is 4. The molecule has 3 heterocycles. The zero-order valence-electron chi connectivity index (χ0n) is 9.25. The number of rotatable bonds is 1. The van der Waals surface area contributed by atoms with E-state index in [1.807, 2.05) is 43.2 Å². The SMILES string of the molecule is Cc1cc(-n2ccc3cccnc32)n(C)n1. The van der Waals surface area contributed by atoms with Gasteiger partial charge in [0.25, 0.3) is 0 Å². The quantitative estimate of drug-likeness (QED) is 0.619. The predicted octanol–water partition coefficient (Wildman–Crippen LogP) is 2.07. The van der Waals surface area contributed by atoms with Crippen molar-refractivity contribution in [3.8, 4) is 5.82 Å². The van der Waals surface area contributed by atoms with Crippen LogP contribution < -0.4 is 0 Å². The summed E-state index contributed by atoms with van der Waals surface area (Å²) in [4.78, 5) is 4.39.